The van der Waals surface area contributed by atoms with Gasteiger partial charge in [-0.15, -0.1) is 10.2 Å². The van der Waals surface area contributed by atoms with Crippen LogP contribution >= 0.6 is 0 Å². The number of hydrogen-bond acceptors (Lipinski definition) is 9. The summed E-state index contributed by atoms with van der Waals surface area (Å²) in [6.07, 6.45) is 10.2. The lowest BCUT2D eigenvalue weighted by Gasteiger charge is -2.30. The van der Waals surface area contributed by atoms with E-state index in [1.165, 1.54) is 9.70 Å². The number of nitrogens with zero attached hydrogens (tertiary/aromatic N) is 6. The van der Waals surface area contributed by atoms with E-state index < -0.39 is 53.1 Å². The zero-order valence-electron chi connectivity index (χ0n) is 27.9. The van der Waals surface area contributed by atoms with Crippen molar-refractivity contribution >= 4 is 23.9 Å². The van der Waals surface area contributed by atoms with Crippen LogP contribution in [0.15, 0.2) is 60.9 Å². The average molecular weight is 671 g/mol. The van der Waals surface area contributed by atoms with Crippen LogP contribution in [0.25, 0.3) is 22.5 Å². The zero-order valence-corrected chi connectivity index (χ0v) is 27.9. The van der Waals surface area contributed by atoms with E-state index in [9.17, 15) is 24.3 Å². The number of alkyl carbamates (subject to hydrolysis) is 1. The van der Waals surface area contributed by atoms with Crippen molar-refractivity contribution in [3.63, 3.8) is 0 Å². The number of nitrogens with one attached hydrogen (secondary N) is 2. The van der Waals surface area contributed by atoms with Gasteiger partial charge in [0.25, 0.3) is 0 Å². The monoisotopic (exact) mass is 670 g/mol. The molecule has 2 aromatic heterocycles. The number of tetrazole rings is 1. The number of aromatic nitrogens is 5. The van der Waals surface area contributed by atoms with E-state index in [4.69, 9.17) is 4.74 Å². The zero-order chi connectivity index (χ0) is 34.8. The van der Waals surface area contributed by atoms with Crippen molar-refractivity contribution in [1.29, 1.82) is 0 Å². The van der Waals surface area contributed by atoms with Crippen molar-refractivity contribution in [2.45, 2.75) is 95.0 Å². The number of amides is 3. The molecule has 4 unspecified atom stereocenters. The topological polar surface area (TPSA) is 182 Å². The number of carboxylic acid groups (broad SMARTS) is 1. The molecule has 49 heavy (non-hydrogen) atoms. The molecule has 3 aromatic rings. The molecule has 0 bridgehead atoms. The molecule has 0 spiro atoms. The Kier molecular flexibility index (Phi) is 9.48. The second-order valence-electron chi connectivity index (χ2n) is 14.0. The van der Waals surface area contributed by atoms with Gasteiger partial charge in [0.15, 0.2) is 0 Å². The minimum Gasteiger partial charge on any atom is -0.479 e. The molecule has 258 valence electrons. The summed E-state index contributed by atoms with van der Waals surface area (Å²) >= 11 is 0. The van der Waals surface area contributed by atoms with Gasteiger partial charge < -0.3 is 25.4 Å². The lowest BCUT2D eigenvalue weighted by atomic mass is 10.0. The Labute approximate surface area is 284 Å². The van der Waals surface area contributed by atoms with Crippen LogP contribution in [0.4, 0.5) is 4.79 Å². The van der Waals surface area contributed by atoms with Crippen LogP contribution in [-0.4, -0.2) is 88.8 Å². The van der Waals surface area contributed by atoms with Crippen LogP contribution in [0.2, 0.25) is 0 Å². The highest BCUT2D eigenvalue weighted by Crippen LogP contribution is 2.45. The molecule has 14 nitrogen and oxygen atoms in total. The minimum atomic E-state index is -1.44. The Bertz CT molecular complexity index is 1740. The number of aliphatic carboxylic acids is 1. The second kappa shape index (κ2) is 13.8. The van der Waals surface area contributed by atoms with Crippen LogP contribution in [0.5, 0.6) is 0 Å². The standard InChI is InChI=1S/C35H42N8O6/c1-34(2,3)49-33(48)37-27-15-11-6-4-5-10-14-25-18-35(25,32(46)47)38-30(44)28-17-26(21-42(28)31(27)45)43-40-29(39-41-43)24-16-23(19-36-20-24)22-12-8-7-9-13-22/h7-10,12-14,16,19-20,25-28H,4-6,11,15,17-18,21H2,1-3H3,(H,37,48)(H,38,44)(H,46,47)/b14-10-/t25?,26-,27?,28?,35?/m1/s1. The Morgan fingerprint density at radius 3 is 2.59 bits per heavy atom. The number of hydrogen-bond donors (Lipinski definition) is 3. The third-order valence-corrected chi connectivity index (χ3v) is 9.19. The van der Waals surface area contributed by atoms with Gasteiger partial charge in [-0.2, -0.15) is 4.80 Å². The minimum absolute atomic E-state index is 0.0466. The fourth-order valence-electron chi connectivity index (χ4n) is 6.54. The Hall–Kier alpha value is -5.14. The van der Waals surface area contributed by atoms with Crippen molar-refractivity contribution in [3.05, 3.63) is 60.9 Å². The molecule has 1 aliphatic carbocycles. The smallest absolute Gasteiger partial charge is 0.408 e. The maximum atomic E-state index is 14.3. The number of ether oxygens (including phenoxy) is 1. The first-order chi connectivity index (χ1) is 23.4. The molecule has 3 N–H and O–H groups in total. The van der Waals surface area contributed by atoms with Gasteiger partial charge in [-0.1, -0.05) is 55.3 Å². The van der Waals surface area contributed by atoms with E-state index in [0.29, 0.717) is 24.2 Å². The number of fused-ring (bicyclic) bond motifs is 2. The van der Waals surface area contributed by atoms with E-state index in [1.807, 2.05) is 48.6 Å². The molecule has 1 saturated heterocycles. The van der Waals surface area contributed by atoms with Crippen LogP contribution in [0.1, 0.15) is 71.8 Å². The third-order valence-electron chi connectivity index (χ3n) is 9.19. The quantitative estimate of drug-likeness (QED) is 0.337. The molecule has 2 fully saturated rings. The number of carbonyl (C=O) groups excluding carboxylic acids is 3. The van der Waals surface area contributed by atoms with E-state index >= 15 is 0 Å². The summed E-state index contributed by atoms with van der Waals surface area (Å²) in [5.74, 6) is -2.18. The first-order valence-corrected chi connectivity index (χ1v) is 16.8. The van der Waals surface area contributed by atoms with Gasteiger partial charge in [-0.25, -0.2) is 9.59 Å². The number of allylic oxidation sites excluding steroid dienone is 1. The van der Waals surface area contributed by atoms with E-state index in [-0.39, 0.29) is 25.3 Å². The SMILES string of the molecule is CC(C)(C)OC(=O)NC1CCCCC/C=C\C2CC2(C(=O)O)NC(=O)C2C[C@@H](n3nnc(-c4cncc(-c5ccccc5)c4)n3)CN2C1=O. The van der Waals surface area contributed by atoms with Gasteiger partial charge in [0, 0.05) is 42.4 Å². The molecule has 0 radical (unpaired) electrons. The van der Waals surface area contributed by atoms with Gasteiger partial charge in [0.05, 0.1) is 6.04 Å². The van der Waals surface area contributed by atoms with Gasteiger partial charge in [0.2, 0.25) is 17.6 Å². The van der Waals surface area contributed by atoms with Gasteiger partial charge >= 0.3 is 12.1 Å². The number of pyridine rings is 1. The van der Waals surface area contributed by atoms with Crippen LogP contribution in [0.3, 0.4) is 0 Å². The normalized spacial score (nSPS) is 26.7. The van der Waals surface area contributed by atoms with E-state index in [1.54, 1.807) is 33.2 Å². The number of benzene rings is 1. The summed E-state index contributed by atoms with van der Waals surface area (Å²) in [7, 11) is 0. The number of rotatable bonds is 5. The first-order valence-electron chi connectivity index (χ1n) is 16.8. The molecule has 3 amide bonds. The first kappa shape index (κ1) is 33.7. The molecular weight excluding hydrogens is 628 g/mol. The maximum absolute atomic E-state index is 14.3. The maximum Gasteiger partial charge on any atom is 0.408 e. The predicted octanol–water partition coefficient (Wildman–Crippen LogP) is 3.92. The lowest BCUT2D eigenvalue weighted by molar-refractivity contribution is -0.145. The largest absolute Gasteiger partial charge is 0.479 e. The molecule has 1 saturated carbocycles. The third kappa shape index (κ3) is 7.63. The van der Waals surface area contributed by atoms with Crippen molar-refractivity contribution in [1.82, 2.24) is 40.7 Å². The molecule has 5 atom stereocenters. The van der Waals surface area contributed by atoms with Crippen molar-refractivity contribution in [2.75, 3.05) is 6.54 Å². The summed E-state index contributed by atoms with van der Waals surface area (Å²) in [6, 6.07) is 9.14. The molecular formula is C35H42N8O6. The summed E-state index contributed by atoms with van der Waals surface area (Å²) in [6.45, 7) is 5.26. The molecule has 1 aromatic carbocycles. The van der Waals surface area contributed by atoms with Crippen LogP contribution < -0.4 is 10.6 Å². The van der Waals surface area contributed by atoms with Gasteiger partial charge in [0.1, 0.15) is 23.2 Å². The Morgan fingerprint density at radius 2 is 1.84 bits per heavy atom. The second-order valence-corrected chi connectivity index (χ2v) is 14.0. The molecule has 4 heterocycles. The summed E-state index contributed by atoms with van der Waals surface area (Å²) in [4.78, 5) is 60.6. The van der Waals surface area contributed by atoms with Crippen molar-refractivity contribution in [3.8, 4) is 22.5 Å². The Morgan fingerprint density at radius 1 is 1.06 bits per heavy atom. The molecule has 2 aliphatic heterocycles. The Balaban J connectivity index is 1.29. The molecule has 3 aliphatic rings. The average Bonchev–Trinajstić information content (AvgIpc) is 3.38. The highest BCUT2D eigenvalue weighted by atomic mass is 16.6. The highest BCUT2D eigenvalue weighted by Gasteiger charge is 2.61. The van der Waals surface area contributed by atoms with Crippen molar-refractivity contribution < 1.29 is 29.0 Å². The fourth-order valence-corrected chi connectivity index (χ4v) is 6.54. The van der Waals surface area contributed by atoms with E-state index in [2.05, 4.69) is 31.0 Å². The van der Waals surface area contributed by atoms with Crippen LogP contribution in [0, 0.1) is 5.92 Å². The number of carbonyl (C=O) groups is 4. The predicted molar refractivity (Wildman–Crippen MR) is 178 cm³/mol. The molecule has 14 heteroatoms. The van der Waals surface area contributed by atoms with Gasteiger partial charge in [-0.3, -0.25) is 14.6 Å². The fraction of sp³-hybridized carbons (Fsp3) is 0.486. The summed E-state index contributed by atoms with van der Waals surface area (Å²) in [5, 5.41) is 28.8. The lowest BCUT2D eigenvalue weighted by Crippen LogP contribution is -2.56. The van der Waals surface area contributed by atoms with E-state index in [0.717, 1.165) is 30.4 Å². The van der Waals surface area contributed by atoms with Crippen molar-refractivity contribution in [2.24, 2.45) is 5.92 Å². The van der Waals surface area contributed by atoms with Gasteiger partial charge in [-0.05, 0) is 63.3 Å². The summed E-state index contributed by atoms with van der Waals surface area (Å²) in [5.41, 5.74) is 0.291. The van der Waals surface area contributed by atoms with Crippen LogP contribution in [-0.2, 0) is 19.1 Å². The number of carboxylic acids is 1. The molecule has 6 rings (SSSR count). The summed E-state index contributed by atoms with van der Waals surface area (Å²) < 4.78 is 5.47. The highest BCUT2D eigenvalue weighted by molar-refractivity contribution is 5.96.